The van der Waals surface area contributed by atoms with Crippen molar-refractivity contribution in [2.45, 2.75) is 0 Å². The fraction of sp³-hybridized carbons (Fsp3) is 0.111. The smallest absolute Gasteiger partial charge is 0.168 e. The van der Waals surface area contributed by atoms with Crippen LogP contribution >= 0.6 is 0 Å². The molecule has 0 aromatic carbocycles. The van der Waals surface area contributed by atoms with Crippen LogP contribution < -0.4 is 0 Å². The molecule has 2 aliphatic rings. The van der Waals surface area contributed by atoms with E-state index in [0.717, 1.165) is 18.7 Å². The second-order valence-electron chi connectivity index (χ2n) is 2.57. The average molecular weight is 160 g/mol. The topological polar surface area (TPSA) is 32.7 Å². The molecule has 0 bridgehead atoms. The molecular weight excluding hydrogens is 152 g/mol. The third-order valence-corrected chi connectivity index (χ3v) is 1.78. The highest BCUT2D eigenvalue weighted by atomic mass is 16.1. The molecule has 2 heterocycles. The number of carbonyl (C=O) groups excluding carboxylic acids is 1. The Bertz CT molecular complexity index is 323. The van der Waals surface area contributed by atoms with Crippen molar-refractivity contribution in [3.63, 3.8) is 0 Å². The summed E-state index contributed by atoms with van der Waals surface area (Å²) in [7, 11) is 0. The number of rotatable bonds is 1. The molecule has 0 aliphatic carbocycles. The van der Waals surface area contributed by atoms with Crippen LogP contribution in [0.2, 0.25) is 0 Å². The predicted octanol–water partition coefficient (Wildman–Crippen LogP) is 0.867. The highest BCUT2D eigenvalue weighted by Crippen LogP contribution is 2.10. The van der Waals surface area contributed by atoms with Crippen LogP contribution in [0.4, 0.5) is 0 Å². The van der Waals surface area contributed by atoms with E-state index in [0.29, 0.717) is 5.70 Å². The number of fused-ring (bicyclic) bond motifs is 1. The monoisotopic (exact) mass is 160 g/mol. The van der Waals surface area contributed by atoms with E-state index in [1.165, 1.54) is 0 Å². The van der Waals surface area contributed by atoms with Gasteiger partial charge < -0.3 is 4.90 Å². The van der Waals surface area contributed by atoms with Crippen molar-refractivity contribution in [1.82, 2.24) is 4.90 Å². The van der Waals surface area contributed by atoms with Crippen LogP contribution in [0.15, 0.2) is 41.2 Å². The number of allylic oxidation sites excluding steroid dienone is 3. The Morgan fingerprint density at radius 1 is 1.50 bits per heavy atom. The molecule has 0 saturated heterocycles. The summed E-state index contributed by atoms with van der Waals surface area (Å²) >= 11 is 0. The molecular formula is C9H8N2O. The number of aldehydes is 1. The van der Waals surface area contributed by atoms with Crippen LogP contribution in [0.3, 0.4) is 0 Å². The van der Waals surface area contributed by atoms with Crippen molar-refractivity contribution >= 4 is 12.1 Å². The average Bonchev–Trinajstić information content (AvgIpc) is 2.17. The van der Waals surface area contributed by atoms with Crippen LogP contribution in [0, 0.1) is 0 Å². The lowest BCUT2D eigenvalue weighted by Gasteiger charge is -2.23. The molecule has 0 N–H and O–H groups in total. The zero-order valence-corrected chi connectivity index (χ0v) is 6.47. The Balaban J connectivity index is 2.31. The number of carbonyl (C=O) groups is 1. The second-order valence-corrected chi connectivity index (χ2v) is 2.57. The molecule has 0 unspecified atom stereocenters. The number of hydrogen-bond donors (Lipinski definition) is 0. The van der Waals surface area contributed by atoms with Gasteiger partial charge in [-0.3, -0.25) is 4.79 Å². The van der Waals surface area contributed by atoms with Crippen molar-refractivity contribution < 1.29 is 4.79 Å². The first kappa shape index (κ1) is 7.03. The molecule has 0 spiro atoms. The van der Waals surface area contributed by atoms with Crippen LogP contribution in [0.5, 0.6) is 0 Å². The highest BCUT2D eigenvalue weighted by Gasteiger charge is 2.11. The lowest BCUT2D eigenvalue weighted by molar-refractivity contribution is -0.105. The third-order valence-electron chi connectivity index (χ3n) is 1.78. The van der Waals surface area contributed by atoms with Crippen molar-refractivity contribution in [1.29, 1.82) is 0 Å². The van der Waals surface area contributed by atoms with Gasteiger partial charge in [0.25, 0.3) is 0 Å². The summed E-state index contributed by atoms with van der Waals surface area (Å²) in [6.07, 6.45) is 10.3. The van der Waals surface area contributed by atoms with E-state index >= 15 is 0 Å². The minimum Gasteiger partial charge on any atom is -0.329 e. The van der Waals surface area contributed by atoms with Gasteiger partial charge in [0.05, 0.1) is 0 Å². The van der Waals surface area contributed by atoms with E-state index < -0.39 is 0 Å². The van der Waals surface area contributed by atoms with Gasteiger partial charge in [0.1, 0.15) is 11.5 Å². The Morgan fingerprint density at radius 2 is 2.42 bits per heavy atom. The Labute approximate surface area is 70.4 Å². The van der Waals surface area contributed by atoms with Crippen LogP contribution in [0.25, 0.3) is 0 Å². The highest BCUT2D eigenvalue weighted by molar-refractivity contribution is 5.98. The van der Waals surface area contributed by atoms with Crippen molar-refractivity contribution in [3.05, 3.63) is 36.2 Å². The Morgan fingerprint density at radius 3 is 3.25 bits per heavy atom. The van der Waals surface area contributed by atoms with Crippen LogP contribution in [-0.2, 0) is 4.79 Å². The van der Waals surface area contributed by atoms with E-state index in [4.69, 9.17) is 0 Å². The van der Waals surface area contributed by atoms with E-state index in [1.807, 2.05) is 29.3 Å². The molecule has 60 valence electrons. The summed E-state index contributed by atoms with van der Waals surface area (Å²) in [5, 5.41) is 0. The molecule has 2 rings (SSSR count). The summed E-state index contributed by atoms with van der Waals surface area (Å²) in [5.74, 6) is 0.835. The molecule has 0 fully saturated rings. The quantitative estimate of drug-likeness (QED) is 0.533. The molecule has 12 heavy (non-hydrogen) atoms. The first-order valence-electron chi connectivity index (χ1n) is 3.76. The van der Waals surface area contributed by atoms with Gasteiger partial charge in [0.2, 0.25) is 0 Å². The SMILES string of the molecule is O=CC1=CCN2C=CC=CC2=N1. The Kier molecular flexibility index (Phi) is 1.63. The molecule has 0 radical (unpaired) electrons. The van der Waals surface area contributed by atoms with Gasteiger partial charge in [-0.25, -0.2) is 4.99 Å². The number of aliphatic imine (C=N–C) groups is 1. The standard InChI is InChI=1S/C9H8N2O/c12-7-8-4-6-11-5-2-1-3-9(11)10-8/h1-5,7H,6H2. The minimum absolute atomic E-state index is 0.515. The molecule has 0 aromatic heterocycles. The maximum Gasteiger partial charge on any atom is 0.168 e. The molecule has 0 amide bonds. The van der Waals surface area contributed by atoms with Crippen LogP contribution in [0.1, 0.15) is 0 Å². The zero-order chi connectivity index (χ0) is 8.39. The van der Waals surface area contributed by atoms with E-state index in [-0.39, 0.29) is 0 Å². The predicted molar refractivity (Wildman–Crippen MR) is 46.6 cm³/mol. The molecule has 0 atom stereocenters. The Hall–Kier alpha value is -1.64. The third kappa shape index (κ3) is 1.09. The van der Waals surface area contributed by atoms with Gasteiger partial charge in [-0.2, -0.15) is 0 Å². The second kappa shape index (κ2) is 2.77. The summed E-state index contributed by atoms with van der Waals surface area (Å²) < 4.78 is 0. The summed E-state index contributed by atoms with van der Waals surface area (Å²) in [4.78, 5) is 16.5. The van der Waals surface area contributed by atoms with Crippen molar-refractivity contribution in [2.24, 2.45) is 4.99 Å². The van der Waals surface area contributed by atoms with E-state index in [9.17, 15) is 4.79 Å². The minimum atomic E-state index is 0.515. The van der Waals surface area contributed by atoms with Crippen molar-refractivity contribution in [3.8, 4) is 0 Å². The number of amidine groups is 1. The lowest BCUT2D eigenvalue weighted by atomic mass is 10.2. The zero-order valence-electron chi connectivity index (χ0n) is 6.47. The molecule has 2 aliphatic heterocycles. The first-order valence-corrected chi connectivity index (χ1v) is 3.76. The maximum atomic E-state index is 10.4. The van der Waals surface area contributed by atoms with Gasteiger partial charge >= 0.3 is 0 Å². The van der Waals surface area contributed by atoms with Gasteiger partial charge in [0.15, 0.2) is 6.29 Å². The van der Waals surface area contributed by atoms with Crippen molar-refractivity contribution in [2.75, 3.05) is 6.54 Å². The summed E-state index contributed by atoms with van der Waals surface area (Å²) in [6.45, 7) is 0.730. The number of nitrogens with zero attached hydrogens (tertiary/aromatic N) is 2. The van der Waals surface area contributed by atoms with Gasteiger partial charge in [-0.05, 0) is 18.2 Å². The van der Waals surface area contributed by atoms with Gasteiger partial charge in [0, 0.05) is 12.7 Å². The van der Waals surface area contributed by atoms with E-state index in [1.54, 1.807) is 6.08 Å². The maximum absolute atomic E-state index is 10.4. The summed E-state index contributed by atoms with van der Waals surface area (Å²) in [5.41, 5.74) is 0.515. The van der Waals surface area contributed by atoms with E-state index in [2.05, 4.69) is 4.99 Å². The molecule has 3 nitrogen and oxygen atoms in total. The molecule has 0 saturated carbocycles. The largest absolute Gasteiger partial charge is 0.329 e. The fourth-order valence-electron chi connectivity index (χ4n) is 1.17. The molecule has 0 aromatic rings. The lowest BCUT2D eigenvalue weighted by Crippen LogP contribution is -2.28. The summed E-state index contributed by atoms with van der Waals surface area (Å²) in [6, 6.07) is 0. The van der Waals surface area contributed by atoms with Crippen LogP contribution in [-0.4, -0.2) is 23.6 Å². The van der Waals surface area contributed by atoms with Gasteiger partial charge in [-0.15, -0.1) is 0 Å². The first-order chi connectivity index (χ1) is 5.90. The fourth-order valence-corrected chi connectivity index (χ4v) is 1.17. The van der Waals surface area contributed by atoms with Gasteiger partial charge in [-0.1, -0.05) is 6.08 Å². The normalized spacial score (nSPS) is 19.8. The molecule has 3 heteroatoms. The number of hydrogen-bond acceptors (Lipinski definition) is 3.